The number of aliphatic hydroxyl groups is 1. The van der Waals surface area contributed by atoms with Gasteiger partial charge in [-0.1, -0.05) is 0 Å². The van der Waals surface area contributed by atoms with Crippen molar-refractivity contribution in [2.75, 3.05) is 0 Å². The molecule has 1 fully saturated rings. The Hall–Kier alpha value is -2.55. The molecule has 0 saturated heterocycles. The Morgan fingerprint density at radius 1 is 1.06 bits per heavy atom. The second-order valence-electron chi connectivity index (χ2n) is 9.43. The molecule has 0 amide bonds. The second kappa shape index (κ2) is 10.8. The molecule has 0 unspecified atom stereocenters. The van der Waals surface area contributed by atoms with E-state index >= 15 is 0 Å². The summed E-state index contributed by atoms with van der Waals surface area (Å²) in [6.07, 6.45) is 3.81. The molecule has 0 aliphatic heterocycles. The van der Waals surface area contributed by atoms with Crippen LogP contribution >= 0.6 is 0 Å². The molecule has 185 valence electrons. The summed E-state index contributed by atoms with van der Waals surface area (Å²) >= 11 is 0.325. The van der Waals surface area contributed by atoms with Crippen LogP contribution in [0.15, 0.2) is 66.4 Å². The smallest absolute Gasteiger partial charge is 0 e. The quantitative estimate of drug-likeness (QED) is 0.0906. The standard InChI is InChI=1S/C26H20NSe.C5H8O2.Ir/c1-15-12-16(2)14-18(13-15)25-24-20-6-3-4-9-22(20)28-26(24)23-19(17-10-11-17)7-5-8-21(23)27-25;1-4(6)3-5(2)7;/h3-9,12-13,17H,10-11H2,1-2H3;3,6H,1-2H3;/q-1;;/b;4-3-;. The Morgan fingerprint density at radius 3 is 2.44 bits per heavy atom. The van der Waals surface area contributed by atoms with Crippen molar-refractivity contribution >= 4 is 50.5 Å². The van der Waals surface area contributed by atoms with Crippen LogP contribution in [-0.2, 0) is 24.9 Å². The van der Waals surface area contributed by atoms with Crippen LogP contribution in [0.25, 0.3) is 41.5 Å². The third-order valence-electron chi connectivity index (χ3n) is 6.20. The van der Waals surface area contributed by atoms with Gasteiger partial charge in [0.05, 0.1) is 5.76 Å². The van der Waals surface area contributed by atoms with Crippen molar-refractivity contribution in [2.24, 2.45) is 0 Å². The molecule has 3 aromatic carbocycles. The molecular weight excluding hydrogens is 690 g/mol. The Morgan fingerprint density at radius 2 is 1.81 bits per heavy atom. The number of nitrogens with zero attached hydrogens (tertiary/aromatic N) is 1. The van der Waals surface area contributed by atoms with Crippen LogP contribution in [0.2, 0.25) is 0 Å². The predicted octanol–water partition coefficient (Wildman–Crippen LogP) is 7.59. The molecule has 1 aliphatic carbocycles. The fourth-order valence-electron chi connectivity index (χ4n) is 4.78. The number of hydrogen-bond donors (Lipinski definition) is 1. The molecule has 6 rings (SSSR count). The first-order valence-electron chi connectivity index (χ1n) is 11.9. The van der Waals surface area contributed by atoms with Crippen molar-refractivity contribution in [1.82, 2.24) is 4.98 Å². The zero-order valence-corrected chi connectivity index (χ0v) is 24.9. The maximum atomic E-state index is 10.0. The number of pyridine rings is 1. The summed E-state index contributed by atoms with van der Waals surface area (Å²) in [6.45, 7) is 7.14. The molecule has 0 bridgehead atoms. The van der Waals surface area contributed by atoms with E-state index in [4.69, 9.17) is 10.1 Å². The number of carbonyl (C=O) groups excluding carboxylic acids is 1. The second-order valence-corrected chi connectivity index (χ2v) is 11.6. The molecule has 1 N–H and O–H groups in total. The van der Waals surface area contributed by atoms with Crippen LogP contribution in [0.4, 0.5) is 0 Å². The number of fused-ring (bicyclic) bond motifs is 5. The van der Waals surface area contributed by atoms with Gasteiger partial charge in [0, 0.05) is 26.2 Å². The van der Waals surface area contributed by atoms with Crippen molar-refractivity contribution in [1.29, 1.82) is 0 Å². The summed E-state index contributed by atoms with van der Waals surface area (Å²) in [6, 6.07) is 23.7. The number of carbonyl (C=O) groups is 1. The number of hydrogen-bond acceptors (Lipinski definition) is 3. The van der Waals surface area contributed by atoms with Crippen LogP contribution in [0, 0.1) is 19.9 Å². The van der Waals surface area contributed by atoms with E-state index in [1.807, 2.05) is 0 Å². The fourth-order valence-corrected chi connectivity index (χ4v) is 7.46. The van der Waals surface area contributed by atoms with Crippen LogP contribution in [0.5, 0.6) is 0 Å². The third-order valence-corrected chi connectivity index (χ3v) is 8.69. The number of aryl methyl sites for hydroxylation is 2. The SMILES string of the molecule is CC(=O)/C=C(/C)O.Cc1[c-]c(-c2nc3cccc(C4CC4)c3c3[se]c4ccccc4c23)cc(C)c1.[Ir]. The van der Waals surface area contributed by atoms with Gasteiger partial charge in [0.15, 0.2) is 5.78 Å². The van der Waals surface area contributed by atoms with E-state index in [0.29, 0.717) is 14.5 Å². The van der Waals surface area contributed by atoms with Gasteiger partial charge in [-0.2, -0.15) is 0 Å². The Bertz CT molecular complexity index is 1600. The number of aliphatic hydroxyl groups excluding tert-OH is 1. The summed E-state index contributed by atoms with van der Waals surface area (Å²) in [4.78, 5) is 15.3. The maximum Gasteiger partial charge on any atom is 0 e. The number of ketones is 1. The van der Waals surface area contributed by atoms with E-state index in [0.717, 1.165) is 22.7 Å². The van der Waals surface area contributed by atoms with E-state index in [9.17, 15) is 4.79 Å². The molecule has 1 saturated carbocycles. The van der Waals surface area contributed by atoms with Gasteiger partial charge in [-0.05, 0) is 13.8 Å². The minimum atomic E-state index is -0.125. The van der Waals surface area contributed by atoms with Crippen molar-refractivity contribution in [3.63, 3.8) is 0 Å². The molecule has 1 radical (unpaired) electrons. The fraction of sp³-hybridized carbons (Fsp3) is 0.226. The Kier molecular flexibility index (Phi) is 7.97. The summed E-state index contributed by atoms with van der Waals surface area (Å²) in [7, 11) is 0. The minimum Gasteiger partial charge on any atom is 0 e. The number of aromatic nitrogens is 1. The van der Waals surface area contributed by atoms with E-state index in [2.05, 4.69) is 74.5 Å². The van der Waals surface area contributed by atoms with Gasteiger partial charge < -0.3 is 5.11 Å². The Balaban J connectivity index is 0.000000338. The van der Waals surface area contributed by atoms with Crippen molar-refractivity contribution < 1.29 is 30.0 Å². The molecule has 3 nitrogen and oxygen atoms in total. The van der Waals surface area contributed by atoms with E-state index in [-0.39, 0.29) is 31.6 Å². The van der Waals surface area contributed by atoms with Gasteiger partial charge in [-0.15, -0.1) is 0 Å². The van der Waals surface area contributed by atoms with Crippen molar-refractivity contribution in [2.45, 2.75) is 46.5 Å². The maximum absolute atomic E-state index is 10.0. The topological polar surface area (TPSA) is 50.2 Å². The monoisotopic (exact) mass is 719 g/mol. The molecule has 2 heterocycles. The normalized spacial score (nSPS) is 13.4. The number of benzene rings is 3. The summed E-state index contributed by atoms with van der Waals surface area (Å²) in [5, 5.41) is 12.5. The zero-order valence-electron chi connectivity index (χ0n) is 20.8. The molecule has 5 aromatic rings. The van der Waals surface area contributed by atoms with Gasteiger partial charge in [-0.25, -0.2) is 0 Å². The first-order valence-corrected chi connectivity index (χ1v) is 13.7. The van der Waals surface area contributed by atoms with Gasteiger partial charge in [-0.3, -0.25) is 4.79 Å². The summed E-state index contributed by atoms with van der Waals surface area (Å²) < 4.78 is 3.01. The zero-order chi connectivity index (χ0) is 24.7. The van der Waals surface area contributed by atoms with Gasteiger partial charge in [0.25, 0.3) is 0 Å². The van der Waals surface area contributed by atoms with Crippen molar-refractivity contribution in [3.05, 3.63) is 89.2 Å². The minimum absolute atomic E-state index is 0. The van der Waals surface area contributed by atoms with Gasteiger partial charge in [0.2, 0.25) is 0 Å². The van der Waals surface area contributed by atoms with E-state index in [1.54, 1.807) is 0 Å². The molecule has 1 aliphatic rings. The number of rotatable bonds is 3. The van der Waals surface area contributed by atoms with E-state index in [1.165, 1.54) is 74.1 Å². The predicted molar refractivity (Wildman–Crippen MR) is 146 cm³/mol. The molecule has 5 heteroatoms. The van der Waals surface area contributed by atoms with Crippen LogP contribution < -0.4 is 0 Å². The van der Waals surface area contributed by atoms with Crippen LogP contribution in [0.3, 0.4) is 0 Å². The summed E-state index contributed by atoms with van der Waals surface area (Å²) in [5.41, 5.74) is 7.35. The first kappa shape index (κ1) is 26.5. The molecule has 0 spiro atoms. The average molecular weight is 718 g/mol. The first-order chi connectivity index (χ1) is 16.8. The Labute approximate surface area is 231 Å². The van der Waals surface area contributed by atoms with E-state index < -0.39 is 0 Å². The molecule has 36 heavy (non-hydrogen) atoms. The average Bonchev–Trinajstić information content (AvgIpc) is 3.56. The molecule has 0 atom stereocenters. The van der Waals surface area contributed by atoms with Gasteiger partial charge >= 0.3 is 171 Å². The number of allylic oxidation sites excluding steroid dienone is 2. The van der Waals surface area contributed by atoms with Crippen molar-refractivity contribution in [3.8, 4) is 11.3 Å². The largest absolute Gasteiger partial charge is 0 e. The summed E-state index contributed by atoms with van der Waals surface area (Å²) in [5.74, 6) is 0.667. The van der Waals surface area contributed by atoms with Crippen LogP contribution in [-0.4, -0.2) is 30.4 Å². The molecular formula is C31H28IrNO2Se-. The molecule has 2 aromatic heterocycles. The van der Waals surface area contributed by atoms with Crippen LogP contribution in [0.1, 0.15) is 49.3 Å². The third kappa shape index (κ3) is 5.40. The van der Waals surface area contributed by atoms with Gasteiger partial charge in [0.1, 0.15) is 0 Å².